The maximum absolute atomic E-state index is 13.7. The number of likely N-dealkylation sites (N-methyl/N-ethyl adjacent to an activating group) is 1. The second kappa shape index (κ2) is 12.8. The number of fused-ring (bicyclic) bond motifs is 1. The monoisotopic (exact) mass is 638 g/mol. The smallest absolute Gasteiger partial charge is 0.416 e. The lowest BCUT2D eigenvalue weighted by molar-refractivity contribution is -0.137. The lowest BCUT2D eigenvalue weighted by Crippen LogP contribution is -2.50. The first kappa shape index (κ1) is 32.8. The second-order valence-electron chi connectivity index (χ2n) is 10.6. The number of nitrogens with zero attached hydrogens (tertiary/aromatic N) is 4. The highest BCUT2D eigenvalue weighted by Gasteiger charge is 2.37. The van der Waals surface area contributed by atoms with Crippen LogP contribution in [0.15, 0.2) is 60.0 Å². The average molecular weight is 639 g/mol. The summed E-state index contributed by atoms with van der Waals surface area (Å²) in [6.07, 6.45) is -2.64. The zero-order valence-corrected chi connectivity index (χ0v) is 25.2. The quantitative estimate of drug-likeness (QED) is 0.342. The predicted octanol–water partition coefficient (Wildman–Crippen LogP) is 3.62. The van der Waals surface area contributed by atoms with E-state index in [-0.39, 0.29) is 47.4 Å². The van der Waals surface area contributed by atoms with Gasteiger partial charge in [-0.05, 0) is 43.3 Å². The largest absolute Gasteiger partial charge is 0.486 e. The number of carbonyl (C=O) groups excluding carboxylic acids is 2. The zero-order valence-electron chi connectivity index (χ0n) is 24.4. The van der Waals surface area contributed by atoms with Crippen LogP contribution in [-0.2, 0) is 23.2 Å². The molecule has 3 aromatic rings. The van der Waals surface area contributed by atoms with E-state index >= 15 is 0 Å². The summed E-state index contributed by atoms with van der Waals surface area (Å²) in [5.74, 6) is -0.958. The van der Waals surface area contributed by atoms with Crippen LogP contribution in [0.1, 0.15) is 29.8 Å². The molecule has 3 amide bonds. The Balaban J connectivity index is 1.65. The number of para-hydroxylation sites is 1. The average Bonchev–Trinajstić information content (AvgIpc) is 3.41. The molecule has 44 heavy (non-hydrogen) atoms. The summed E-state index contributed by atoms with van der Waals surface area (Å²) in [4.78, 5) is 31.9. The molecule has 0 radical (unpaired) electrons. The Morgan fingerprint density at radius 3 is 2.48 bits per heavy atom. The number of amides is 3. The molecule has 0 unspecified atom stereocenters. The molecule has 1 aliphatic heterocycles. The normalized spacial score (nSPS) is 18.2. The van der Waals surface area contributed by atoms with Crippen LogP contribution < -0.4 is 15.4 Å². The van der Waals surface area contributed by atoms with Crippen molar-refractivity contribution in [2.45, 2.75) is 37.2 Å². The number of alkyl halides is 3. The number of anilines is 2. The maximum atomic E-state index is 13.7. The number of benzene rings is 2. The van der Waals surface area contributed by atoms with Crippen molar-refractivity contribution in [1.29, 1.82) is 0 Å². The number of aryl methyl sites for hydroxylation is 1. The van der Waals surface area contributed by atoms with E-state index in [1.807, 2.05) is 0 Å². The van der Waals surface area contributed by atoms with Gasteiger partial charge in [-0.25, -0.2) is 18.2 Å². The van der Waals surface area contributed by atoms with Gasteiger partial charge in [0.25, 0.3) is 15.9 Å². The van der Waals surface area contributed by atoms with E-state index in [0.717, 1.165) is 28.6 Å². The summed E-state index contributed by atoms with van der Waals surface area (Å²) in [7, 11) is -0.996. The van der Waals surface area contributed by atoms with Crippen LogP contribution in [0.5, 0.6) is 5.75 Å². The van der Waals surface area contributed by atoms with Gasteiger partial charge in [-0.15, -0.1) is 0 Å². The lowest BCUT2D eigenvalue weighted by Gasteiger charge is -2.38. The summed E-state index contributed by atoms with van der Waals surface area (Å²) in [5, 5.41) is 14.7. The van der Waals surface area contributed by atoms with E-state index in [4.69, 9.17) is 4.74 Å². The first-order valence-electron chi connectivity index (χ1n) is 13.5. The van der Waals surface area contributed by atoms with Crippen molar-refractivity contribution in [3.63, 3.8) is 0 Å². The van der Waals surface area contributed by atoms with Gasteiger partial charge in [0, 0.05) is 38.4 Å². The molecular formula is C28H33F3N6O6S. The number of hydrogen-bond donors (Lipinski definition) is 3. The molecule has 4 rings (SSSR count). The highest BCUT2D eigenvalue weighted by molar-refractivity contribution is 7.89. The molecule has 12 nitrogen and oxygen atoms in total. The number of aromatic nitrogens is 2. The van der Waals surface area contributed by atoms with Crippen LogP contribution in [0.2, 0.25) is 0 Å². The standard InChI is InChI=1S/C28H33F3N6O6S/c1-17-12-37(18(2)15-38)26(39)21-6-5-7-22(34-27(40)33-20-10-8-19(9-11-20)28(29,30)31)25(21)43-23(17)13-36(4)44(41,42)24-14-35(3)16-32-24/h5-11,14,16-18,23,38H,12-13,15H2,1-4H3,(H2,33,34,40)/t17-,18-,23-/m1/s1. The Morgan fingerprint density at radius 1 is 1.20 bits per heavy atom. The molecular weight excluding hydrogens is 605 g/mol. The number of sulfonamides is 1. The molecule has 16 heteroatoms. The summed E-state index contributed by atoms with van der Waals surface area (Å²) in [5.41, 5.74) is -0.672. The van der Waals surface area contributed by atoms with Crippen molar-refractivity contribution in [1.82, 2.24) is 18.8 Å². The van der Waals surface area contributed by atoms with E-state index in [2.05, 4.69) is 15.6 Å². The number of ether oxygens (including phenoxy) is 1. The molecule has 0 bridgehead atoms. The van der Waals surface area contributed by atoms with Gasteiger partial charge < -0.3 is 29.9 Å². The van der Waals surface area contributed by atoms with Crippen molar-refractivity contribution >= 4 is 33.3 Å². The van der Waals surface area contributed by atoms with Gasteiger partial charge in [-0.1, -0.05) is 13.0 Å². The topological polar surface area (TPSA) is 146 Å². The fourth-order valence-electron chi connectivity index (χ4n) is 4.62. The molecule has 3 atom stereocenters. The highest BCUT2D eigenvalue weighted by atomic mass is 32.2. The van der Waals surface area contributed by atoms with Crippen LogP contribution in [0, 0.1) is 5.92 Å². The summed E-state index contributed by atoms with van der Waals surface area (Å²) < 4.78 is 74.1. The van der Waals surface area contributed by atoms with E-state index in [1.54, 1.807) is 20.9 Å². The van der Waals surface area contributed by atoms with E-state index in [1.165, 1.54) is 47.2 Å². The van der Waals surface area contributed by atoms with Gasteiger partial charge >= 0.3 is 12.2 Å². The third-order valence-electron chi connectivity index (χ3n) is 7.20. The fourth-order valence-corrected chi connectivity index (χ4v) is 5.76. The van der Waals surface area contributed by atoms with Crippen molar-refractivity contribution < 1.29 is 41.0 Å². The number of hydrogen-bond acceptors (Lipinski definition) is 7. The summed E-state index contributed by atoms with van der Waals surface area (Å²) >= 11 is 0. The van der Waals surface area contributed by atoms with Crippen molar-refractivity contribution in [2.24, 2.45) is 13.0 Å². The Morgan fingerprint density at radius 2 is 1.89 bits per heavy atom. The van der Waals surface area contributed by atoms with E-state index in [9.17, 15) is 36.3 Å². The molecule has 1 aromatic heterocycles. The highest BCUT2D eigenvalue weighted by Crippen LogP contribution is 2.35. The lowest BCUT2D eigenvalue weighted by atomic mass is 9.99. The zero-order chi connectivity index (χ0) is 32.4. The van der Waals surface area contributed by atoms with Crippen molar-refractivity contribution in [2.75, 3.05) is 37.4 Å². The molecule has 0 saturated heterocycles. The molecule has 0 spiro atoms. The summed E-state index contributed by atoms with van der Waals surface area (Å²) in [6.45, 7) is 3.09. The number of urea groups is 1. The number of nitrogens with one attached hydrogen (secondary N) is 2. The van der Waals surface area contributed by atoms with Gasteiger partial charge in [-0.2, -0.15) is 17.5 Å². The van der Waals surface area contributed by atoms with Crippen LogP contribution in [0.4, 0.5) is 29.3 Å². The van der Waals surface area contributed by atoms with Gasteiger partial charge in [0.05, 0.1) is 42.3 Å². The number of rotatable bonds is 8. The molecule has 3 N–H and O–H groups in total. The third kappa shape index (κ3) is 7.14. The Labute approximate surface area is 252 Å². The molecule has 1 aliphatic rings. The number of carbonyl (C=O) groups is 2. The van der Waals surface area contributed by atoms with E-state index in [0.29, 0.717) is 0 Å². The van der Waals surface area contributed by atoms with E-state index < -0.39 is 51.8 Å². The SMILES string of the molecule is C[C@@H]1CN([C@H](C)CO)C(=O)c2cccc(NC(=O)Nc3ccc(C(F)(F)F)cc3)c2O[C@@H]1CN(C)S(=O)(=O)c1cn(C)cn1. The minimum Gasteiger partial charge on any atom is -0.486 e. The maximum Gasteiger partial charge on any atom is 0.416 e. The minimum atomic E-state index is -4.54. The van der Waals surface area contributed by atoms with Crippen LogP contribution in [0.25, 0.3) is 0 Å². The van der Waals surface area contributed by atoms with Gasteiger partial charge in [0.15, 0.2) is 10.8 Å². The molecule has 0 fully saturated rings. The molecule has 2 heterocycles. The molecule has 0 aliphatic carbocycles. The Hall–Kier alpha value is -4.15. The molecule has 238 valence electrons. The Bertz CT molecular complexity index is 1610. The minimum absolute atomic E-state index is 0.0320. The molecule has 0 saturated carbocycles. The Kier molecular flexibility index (Phi) is 9.56. The number of imidazole rings is 1. The van der Waals surface area contributed by atoms with Crippen LogP contribution in [-0.4, -0.2) is 83.1 Å². The van der Waals surface area contributed by atoms with Crippen LogP contribution in [0.3, 0.4) is 0 Å². The number of aliphatic hydroxyl groups excluding tert-OH is 1. The summed E-state index contributed by atoms with van der Waals surface area (Å²) in [6, 6.07) is 6.89. The van der Waals surface area contributed by atoms with Gasteiger partial charge in [0.2, 0.25) is 0 Å². The van der Waals surface area contributed by atoms with Crippen molar-refractivity contribution in [3.8, 4) is 5.75 Å². The van der Waals surface area contributed by atoms with Gasteiger partial charge in [0.1, 0.15) is 6.10 Å². The predicted molar refractivity (Wildman–Crippen MR) is 155 cm³/mol. The molecule has 2 aromatic carbocycles. The fraction of sp³-hybridized carbons (Fsp3) is 0.393. The van der Waals surface area contributed by atoms with Gasteiger partial charge in [-0.3, -0.25) is 4.79 Å². The third-order valence-corrected chi connectivity index (χ3v) is 8.91. The van der Waals surface area contributed by atoms with Crippen molar-refractivity contribution in [3.05, 3.63) is 66.1 Å². The number of halogens is 3. The second-order valence-corrected chi connectivity index (χ2v) is 12.6. The first-order chi connectivity index (χ1) is 20.6. The number of aliphatic hydroxyl groups is 1. The first-order valence-corrected chi connectivity index (χ1v) is 15.0. The van der Waals surface area contributed by atoms with Crippen LogP contribution >= 0.6 is 0 Å².